The molecule has 5 nitrogen and oxygen atoms in total. The van der Waals surface area contributed by atoms with Gasteiger partial charge in [-0.05, 0) is 55.8 Å². The average molecular weight is 359 g/mol. The molecule has 3 rings (SSSR count). The molecule has 0 aliphatic carbocycles. The quantitative estimate of drug-likeness (QED) is 0.854. The summed E-state index contributed by atoms with van der Waals surface area (Å²) < 4.78 is 0. The molecule has 6 heteroatoms. The second kappa shape index (κ2) is 7.87. The minimum atomic E-state index is -0.0407. The van der Waals surface area contributed by atoms with Crippen molar-refractivity contribution in [3.8, 4) is 0 Å². The van der Waals surface area contributed by atoms with Gasteiger partial charge in [0.1, 0.15) is 5.82 Å². The number of aromatic nitrogens is 1. The Morgan fingerprint density at radius 2 is 2.12 bits per heavy atom. The molecule has 0 aromatic carbocycles. The van der Waals surface area contributed by atoms with Gasteiger partial charge >= 0.3 is 6.03 Å². The van der Waals surface area contributed by atoms with Crippen molar-refractivity contribution in [1.82, 2.24) is 9.88 Å². The number of carbonyl (C=O) groups excluding carboxylic acids is 1. The van der Waals surface area contributed by atoms with Crippen molar-refractivity contribution in [3.63, 3.8) is 0 Å². The first kappa shape index (κ1) is 17.7. The van der Waals surface area contributed by atoms with Crippen molar-refractivity contribution in [1.29, 1.82) is 0 Å². The van der Waals surface area contributed by atoms with Crippen LogP contribution < -0.4 is 10.2 Å². The largest absolute Gasteiger partial charge is 0.357 e. The highest BCUT2D eigenvalue weighted by Gasteiger charge is 2.30. The SMILES string of the molecule is CC[C@H]1c2ccsc2CCN1C(=O)Nc1ccc(N(CC)CC)nc1. The topological polar surface area (TPSA) is 48.5 Å². The number of hydrogen-bond donors (Lipinski definition) is 1. The first-order chi connectivity index (χ1) is 12.2. The molecule has 0 bridgehead atoms. The third kappa shape index (κ3) is 3.63. The van der Waals surface area contributed by atoms with Crippen molar-refractivity contribution in [3.05, 3.63) is 40.2 Å². The lowest BCUT2D eigenvalue weighted by atomic mass is 9.98. The van der Waals surface area contributed by atoms with Crippen LogP contribution in [0.3, 0.4) is 0 Å². The van der Waals surface area contributed by atoms with Gasteiger partial charge in [-0.1, -0.05) is 6.92 Å². The molecule has 0 fully saturated rings. The Bertz CT molecular complexity index is 708. The number of pyridine rings is 1. The zero-order valence-electron chi connectivity index (χ0n) is 15.2. The lowest BCUT2D eigenvalue weighted by molar-refractivity contribution is 0.181. The summed E-state index contributed by atoms with van der Waals surface area (Å²) in [6, 6.07) is 6.18. The maximum atomic E-state index is 12.8. The predicted octanol–water partition coefficient (Wildman–Crippen LogP) is 4.53. The molecule has 1 atom stereocenters. The molecular formula is C19H26N4OS. The van der Waals surface area contributed by atoms with Gasteiger partial charge in [0.25, 0.3) is 0 Å². The Hall–Kier alpha value is -2.08. The van der Waals surface area contributed by atoms with Crippen molar-refractivity contribution in [2.45, 2.75) is 39.7 Å². The number of carbonyl (C=O) groups is 1. The molecule has 0 saturated heterocycles. The Kier molecular flexibility index (Phi) is 5.58. The van der Waals surface area contributed by atoms with Crippen LogP contribution in [0.2, 0.25) is 0 Å². The second-order valence-electron chi connectivity index (χ2n) is 6.17. The van der Waals surface area contributed by atoms with Gasteiger partial charge in [0.2, 0.25) is 0 Å². The zero-order valence-corrected chi connectivity index (χ0v) is 16.0. The van der Waals surface area contributed by atoms with E-state index in [0.29, 0.717) is 0 Å². The van der Waals surface area contributed by atoms with Gasteiger partial charge in [-0.2, -0.15) is 0 Å². The van der Waals surface area contributed by atoms with Crippen LogP contribution in [0.5, 0.6) is 0 Å². The number of nitrogens with zero attached hydrogens (tertiary/aromatic N) is 3. The minimum absolute atomic E-state index is 0.0407. The number of fused-ring (bicyclic) bond motifs is 1. The summed E-state index contributed by atoms with van der Waals surface area (Å²) in [5.41, 5.74) is 2.05. The van der Waals surface area contributed by atoms with Crippen LogP contribution in [0.4, 0.5) is 16.3 Å². The maximum Gasteiger partial charge on any atom is 0.322 e. The molecule has 0 unspecified atom stereocenters. The van der Waals surface area contributed by atoms with Crippen LogP contribution in [0, 0.1) is 0 Å². The second-order valence-corrected chi connectivity index (χ2v) is 7.17. The number of rotatable bonds is 5. The van der Waals surface area contributed by atoms with Crippen LogP contribution in [-0.2, 0) is 6.42 Å². The van der Waals surface area contributed by atoms with E-state index in [1.807, 2.05) is 17.0 Å². The molecule has 3 heterocycles. The lowest BCUT2D eigenvalue weighted by Crippen LogP contribution is -2.41. The van der Waals surface area contributed by atoms with Crippen LogP contribution >= 0.6 is 11.3 Å². The van der Waals surface area contributed by atoms with Gasteiger partial charge in [-0.3, -0.25) is 0 Å². The van der Waals surface area contributed by atoms with Crippen molar-refractivity contribution in [2.75, 3.05) is 29.9 Å². The molecule has 134 valence electrons. The highest BCUT2D eigenvalue weighted by molar-refractivity contribution is 7.10. The van der Waals surface area contributed by atoms with E-state index in [4.69, 9.17) is 0 Å². The lowest BCUT2D eigenvalue weighted by Gasteiger charge is -2.35. The van der Waals surface area contributed by atoms with Crippen LogP contribution in [0.1, 0.15) is 43.7 Å². The smallest absolute Gasteiger partial charge is 0.322 e. The van der Waals surface area contributed by atoms with E-state index >= 15 is 0 Å². The normalized spacial score (nSPS) is 16.4. The van der Waals surface area contributed by atoms with Crippen molar-refractivity contribution in [2.24, 2.45) is 0 Å². The van der Waals surface area contributed by atoms with E-state index < -0.39 is 0 Å². The monoisotopic (exact) mass is 358 g/mol. The number of amides is 2. The minimum Gasteiger partial charge on any atom is -0.357 e. The van der Waals surface area contributed by atoms with Gasteiger partial charge in [0.15, 0.2) is 0 Å². The predicted molar refractivity (Wildman–Crippen MR) is 105 cm³/mol. The average Bonchev–Trinajstić information content (AvgIpc) is 3.12. The first-order valence-electron chi connectivity index (χ1n) is 9.02. The summed E-state index contributed by atoms with van der Waals surface area (Å²) in [5.74, 6) is 0.940. The fourth-order valence-corrected chi connectivity index (χ4v) is 4.40. The Morgan fingerprint density at radius 3 is 2.76 bits per heavy atom. The molecule has 1 aliphatic heterocycles. The van der Waals surface area contributed by atoms with E-state index in [1.165, 1.54) is 10.4 Å². The maximum absolute atomic E-state index is 12.8. The molecule has 0 radical (unpaired) electrons. The molecule has 0 saturated carbocycles. The van der Waals surface area contributed by atoms with E-state index in [-0.39, 0.29) is 12.1 Å². The van der Waals surface area contributed by atoms with E-state index in [0.717, 1.165) is 44.0 Å². The summed E-state index contributed by atoms with van der Waals surface area (Å²) >= 11 is 1.80. The Balaban J connectivity index is 1.70. The molecule has 1 aliphatic rings. The van der Waals surface area contributed by atoms with E-state index in [9.17, 15) is 4.79 Å². The summed E-state index contributed by atoms with van der Waals surface area (Å²) in [7, 11) is 0. The summed E-state index contributed by atoms with van der Waals surface area (Å²) in [4.78, 5) is 22.8. The number of anilines is 2. The summed E-state index contributed by atoms with van der Waals surface area (Å²) in [6.45, 7) is 8.97. The third-order valence-electron chi connectivity index (χ3n) is 4.83. The third-order valence-corrected chi connectivity index (χ3v) is 5.83. The molecule has 2 aromatic heterocycles. The molecule has 2 aromatic rings. The van der Waals surface area contributed by atoms with E-state index in [2.05, 4.69) is 47.4 Å². The zero-order chi connectivity index (χ0) is 17.8. The van der Waals surface area contributed by atoms with Crippen molar-refractivity contribution >= 4 is 28.9 Å². The standard InChI is InChI=1S/C19H26N4OS/c1-4-16-15-10-12-25-17(15)9-11-23(16)19(24)21-14-7-8-18(20-13-14)22(5-2)6-3/h7-8,10,12-13,16H,4-6,9,11H2,1-3H3,(H,21,24)/t16-/m0/s1. The number of thiophene rings is 1. The summed E-state index contributed by atoms with van der Waals surface area (Å²) in [6.07, 6.45) is 3.61. The molecule has 25 heavy (non-hydrogen) atoms. The fraction of sp³-hybridized carbons (Fsp3) is 0.474. The van der Waals surface area contributed by atoms with Crippen LogP contribution in [0.15, 0.2) is 29.8 Å². The van der Waals surface area contributed by atoms with Crippen LogP contribution in [0.25, 0.3) is 0 Å². The fourth-order valence-electron chi connectivity index (χ4n) is 3.47. The highest BCUT2D eigenvalue weighted by atomic mass is 32.1. The summed E-state index contributed by atoms with van der Waals surface area (Å²) in [5, 5.41) is 5.14. The Morgan fingerprint density at radius 1 is 1.32 bits per heavy atom. The number of hydrogen-bond acceptors (Lipinski definition) is 4. The van der Waals surface area contributed by atoms with E-state index in [1.54, 1.807) is 17.5 Å². The number of nitrogens with one attached hydrogen (secondary N) is 1. The first-order valence-corrected chi connectivity index (χ1v) is 9.90. The van der Waals surface area contributed by atoms with Gasteiger partial charge < -0.3 is 15.1 Å². The molecule has 2 amide bonds. The van der Waals surface area contributed by atoms with Gasteiger partial charge in [-0.25, -0.2) is 9.78 Å². The van der Waals surface area contributed by atoms with Crippen molar-refractivity contribution < 1.29 is 4.79 Å². The Labute approximate surface area is 153 Å². The van der Waals surface area contributed by atoms with Gasteiger partial charge in [0, 0.05) is 24.5 Å². The van der Waals surface area contributed by atoms with Crippen LogP contribution in [-0.4, -0.2) is 35.5 Å². The highest BCUT2D eigenvalue weighted by Crippen LogP contribution is 2.35. The number of urea groups is 1. The molecule has 1 N–H and O–H groups in total. The van der Waals surface area contributed by atoms with Gasteiger partial charge in [-0.15, -0.1) is 11.3 Å². The van der Waals surface area contributed by atoms with Gasteiger partial charge in [0.05, 0.1) is 17.9 Å². The molecular weight excluding hydrogens is 332 g/mol. The molecule has 0 spiro atoms.